The Morgan fingerprint density at radius 2 is 0.877 bits per heavy atom. The van der Waals surface area contributed by atoms with E-state index in [1.807, 2.05) is 72.8 Å². The van der Waals surface area contributed by atoms with Gasteiger partial charge < -0.3 is 28.4 Å². The third-order valence-electron chi connectivity index (χ3n) is 13.5. The first kappa shape index (κ1) is 34.9. The number of benzene rings is 2. The normalized spacial score (nSPS) is 39.8. The van der Waals surface area contributed by atoms with Crippen LogP contribution in [-0.4, -0.2) is 147 Å². The topological polar surface area (TPSA) is 150 Å². The number of imide groups is 2. The predicted molar refractivity (Wildman–Crippen MR) is 200 cm³/mol. The van der Waals surface area contributed by atoms with E-state index in [0.717, 1.165) is 63.7 Å². The first-order chi connectivity index (χ1) is 27.7. The summed E-state index contributed by atoms with van der Waals surface area (Å²) in [5.74, 6) is -3.15. The minimum absolute atomic E-state index is 0.185. The predicted octanol–water partition coefficient (Wildman–Crippen LogP) is 1.10. The molecule has 10 aliphatic heterocycles. The van der Waals surface area contributed by atoms with Crippen LogP contribution in [0.5, 0.6) is 0 Å². The van der Waals surface area contributed by atoms with Crippen LogP contribution in [0.15, 0.2) is 72.8 Å². The van der Waals surface area contributed by atoms with E-state index in [4.69, 9.17) is 28.4 Å². The number of anilines is 2. The zero-order valence-electron chi connectivity index (χ0n) is 31.4. The Balaban J connectivity index is 0.717. The third-order valence-corrected chi connectivity index (χ3v) is 13.5. The second-order valence-electron chi connectivity index (χ2n) is 17.5. The van der Waals surface area contributed by atoms with Crippen molar-refractivity contribution in [3.63, 3.8) is 0 Å². The van der Waals surface area contributed by atoms with Gasteiger partial charge >= 0.3 is 0 Å². The molecule has 0 N–H and O–H groups in total. The van der Waals surface area contributed by atoms with Crippen molar-refractivity contribution in [1.29, 1.82) is 0 Å². The first-order valence-electron chi connectivity index (χ1n) is 20.3. The number of rotatable bonds is 16. The second kappa shape index (κ2) is 12.7. The number of amides is 4. The van der Waals surface area contributed by atoms with Gasteiger partial charge in [-0.15, -0.1) is 0 Å². The third kappa shape index (κ3) is 5.90. The number of carbonyl (C=O) groups excluding carboxylic acids is 4. The molecule has 4 bridgehead atoms. The molecule has 14 heteroatoms. The van der Waals surface area contributed by atoms with Gasteiger partial charge in [0.2, 0.25) is 23.6 Å². The lowest BCUT2D eigenvalue weighted by atomic mass is 9.76. The molecule has 10 aliphatic rings. The van der Waals surface area contributed by atoms with E-state index in [-0.39, 0.29) is 48.0 Å². The number of hydrogen-bond donors (Lipinski definition) is 0. The number of fused-ring (bicyclic) bond motifs is 10. The molecule has 0 radical (unpaired) electrons. The maximum absolute atomic E-state index is 14.1. The molecule has 14 nitrogen and oxygen atoms in total. The van der Waals surface area contributed by atoms with E-state index in [1.165, 1.54) is 9.80 Å². The Morgan fingerprint density at radius 1 is 0.526 bits per heavy atom. The molecule has 12 unspecified atom stereocenters. The van der Waals surface area contributed by atoms with Crippen molar-refractivity contribution < 1.29 is 47.6 Å². The minimum Gasteiger partial charge on any atom is -0.372 e. The maximum atomic E-state index is 14.1. The van der Waals surface area contributed by atoms with Gasteiger partial charge in [0.25, 0.3) is 0 Å². The molecule has 2 aromatic rings. The van der Waals surface area contributed by atoms with Gasteiger partial charge in [0.1, 0.15) is 11.2 Å². The van der Waals surface area contributed by atoms with Crippen LogP contribution >= 0.6 is 0 Å². The largest absolute Gasteiger partial charge is 0.372 e. The first-order valence-corrected chi connectivity index (χ1v) is 20.3. The zero-order chi connectivity index (χ0) is 38.2. The van der Waals surface area contributed by atoms with Crippen LogP contribution in [0.1, 0.15) is 11.1 Å². The molecular weight excluding hydrogens is 732 g/mol. The lowest BCUT2D eigenvalue weighted by Gasteiger charge is -2.34. The summed E-state index contributed by atoms with van der Waals surface area (Å²) in [6.07, 6.45) is 8.36. The maximum Gasteiger partial charge on any atom is 0.241 e. The fourth-order valence-electron chi connectivity index (χ4n) is 10.6. The highest BCUT2D eigenvalue weighted by atomic mass is 16.6. The minimum atomic E-state index is -0.862. The Hall–Kier alpha value is -4.12. The van der Waals surface area contributed by atoms with Gasteiger partial charge in [0.05, 0.1) is 98.1 Å². The van der Waals surface area contributed by atoms with Crippen LogP contribution in [0.2, 0.25) is 0 Å². The van der Waals surface area contributed by atoms with E-state index >= 15 is 0 Å². The standard InChI is InChI=1S/C43H44N4O10/c48-38-34-32-9-11-42(56-32,22-44(14-28-18-52-28)15-29-19-53-29)36(34)40(50)46(38)26-5-1-24(2-6-26)13-25-3-7-27(8-4-25)47-39(49)35-33-10-12-43(57-33,37(35)41(47)51)23-45(16-30-20-54-30)17-31-21-55-31/h1-12,28-37H,13-23H2. The van der Waals surface area contributed by atoms with Crippen LogP contribution in [0.4, 0.5) is 11.4 Å². The molecule has 12 rings (SSSR count). The number of nitrogens with zero attached hydrogens (tertiary/aromatic N) is 4. The molecule has 8 saturated heterocycles. The van der Waals surface area contributed by atoms with Crippen molar-refractivity contribution in [2.45, 2.75) is 54.2 Å². The van der Waals surface area contributed by atoms with Gasteiger partial charge in [-0.3, -0.25) is 29.0 Å². The molecule has 2 aromatic carbocycles. The van der Waals surface area contributed by atoms with Crippen LogP contribution in [-0.2, 0) is 54.0 Å². The van der Waals surface area contributed by atoms with Gasteiger partial charge in [-0.05, 0) is 41.8 Å². The lowest BCUT2D eigenvalue weighted by Crippen LogP contribution is -2.50. The molecule has 0 aromatic heterocycles. The molecule has 0 aliphatic carbocycles. The average molecular weight is 777 g/mol. The van der Waals surface area contributed by atoms with Crippen molar-refractivity contribution in [2.24, 2.45) is 23.7 Å². The van der Waals surface area contributed by atoms with E-state index in [9.17, 15) is 19.2 Å². The molecular formula is C43H44N4O10. The summed E-state index contributed by atoms with van der Waals surface area (Å²) in [5, 5.41) is 0. The van der Waals surface area contributed by atoms with E-state index in [1.54, 1.807) is 0 Å². The summed E-state index contributed by atoms with van der Waals surface area (Å²) < 4.78 is 34.9. The Labute approximate surface area is 329 Å². The van der Waals surface area contributed by atoms with E-state index < -0.39 is 47.1 Å². The summed E-state index contributed by atoms with van der Waals surface area (Å²) in [5.41, 5.74) is 1.37. The fraction of sp³-hybridized carbons (Fsp3) is 0.535. The summed E-state index contributed by atoms with van der Waals surface area (Å²) in [7, 11) is 0. The molecule has 0 saturated carbocycles. The number of epoxide rings is 4. The molecule has 296 valence electrons. The second-order valence-corrected chi connectivity index (χ2v) is 17.5. The van der Waals surface area contributed by atoms with Crippen molar-refractivity contribution in [3.05, 3.63) is 84.0 Å². The smallest absolute Gasteiger partial charge is 0.241 e. The van der Waals surface area contributed by atoms with Crippen LogP contribution < -0.4 is 9.80 Å². The van der Waals surface area contributed by atoms with Gasteiger partial charge in [0.15, 0.2) is 0 Å². The Bertz CT molecular complexity index is 1920. The quantitative estimate of drug-likeness (QED) is 0.137. The van der Waals surface area contributed by atoms with Gasteiger partial charge in [0, 0.05) is 39.3 Å². The lowest BCUT2D eigenvalue weighted by molar-refractivity contribution is -0.129. The van der Waals surface area contributed by atoms with Crippen molar-refractivity contribution in [2.75, 3.05) is 75.5 Å². The Morgan fingerprint density at radius 3 is 1.21 bits per heavy atom. The highest BCUT2D eigenvalue weighted by Gasteiger charge is 2.69. The summed E-state index contributed by atoms with van der Waals surface area (Å²) >= 11 is 0. The van der Waals surface area contributed by atoms with Crippen LogP contribution in [0.25, 0.3) is 0 Å². The number of ether oxygens (including phenoxy) is 6. The highest BCUT2D eigenvalue weighted by molar-refractivity contribution is 6.24. The Kier molecular flexibility index (Phi) is 7.76. The molecule has 8 fully saturated rings. The molecule has 57 heavy (non-hydrogen) atoms. The summed E-state index contributed by atoms with van der Waals surface area (Å²) in [6.45, 7) is 6.92. The van der Waals surface area contributed by atoms with E-state index in [0.29, 0.717) is 30.9 Å². The van der Waals surface area contributed by atoms with Gasteiger partial charge in [-0.2, -0.15) is 0 Å². The SMILES string of the molecule is O=C1C2C3C=CC(CN(CC4CO4)CC4CO4)(O3)C2C(=O)N1c1ccc(Cc2ccc(N3C(=O)C4C5C=CC(CN(CC6CO6)CC6CO6)(O5)C4C3=O)cc2)cc1. The summed E-state index contributed by atoms with van der Waals surface area (Å²) in [4.78, 5) is 63.2. The van der Waals surface area contributed by atoms with Crippen LogP contribution in [0.3, 0.4) is 0 Å². The zero-order valence-corrected chi connectivity index (χ0v) is 31.4. The summed E-state index contributed by atoms with van der Waals surface area (Å²) in [6, 6.07) is 15.1. The number of carbonyl (C=O) groups is 4. The molecule has 12 atom stereocenters. The monoisotopic (exact) mass is 776 g/mol. The average Bonchev–Trinajstić information content (AvgIpc) is 4.11. The molecule has 10 heterocycles. The molecule has 4 amide bonds. The van der Waals surface area contributed by atoms with Gasteiger partial charge in [-0.25, -0.2) is 9.80 Å². The molecule has 0 spiro atoms. The van der Waals surface area contributed by atoms with Crippen LogP contribution in [0, 0.1) is 23.7 Å². The number of hydrogen-bond acceptors (Lipinski definition) is 12. The van der Waals surface area contributed by atoms with Gasteiger partial charge in [-0.1, -0.05) is 48.6 Å². The fourth-order valence-corrected chi connectivity index (χ4v) is 10.6. The van der Waals surface area contributed by atoms with Crippen molar-refractivity contribution in [1.82, 2.24) is 9.80 Å². The van der Waals surface area contributed by atoms with E-state index in [2.05, 4.69) is 9.80 Å². The van der Waals surface area contributed by atoms with Crippen molar-refractivity contribution >= 4 is 35.0 Å². The highest BCUT2D eigenvalue weighted by Crippen LogP contribution is 2.54. The van der Waals surface area contributed by atoms with Crippen molar-refractivity contribution in [3.8, 4) is 0 Å².